The van der Waals surface area contributed by atoms with Crippen LogP contribution in [0.3, 0.4) is 0 Å². The minimum Gasteiger partial charge on any atom is -0.295 e. The molecule has 0 N–H and O–H groups in total. The Kier molecular flexibility index (Phi) is 4.65. The molecular weight excluding hydrogens is 413 g/mol. The van der Waals surface area contributed by atoms with Gasteiger partial charge in [-0.2, -0.15) is 5.26 Å². The third-order valence-electron chi connectivity index (χ3n) is 11.4. The van der Waals surface area contributed by atoms with Gasteiger partial charge in [0.2, 0.25) is 0 Å². The van der Waals surface area contributed by atoms with E-state index in [0.717, 1.165) is 31.3 Å². The van der Waals surface area contributed by atoms with E-state index in [4.69, 9.17) is 0 Å². The van der Waals surface area contributed by atoms with Crippen LogP contribution < -0.4 is 0 Å². The number of nitriles is 1. The third kappa shape index (κ3) is 2.77. The highest BCUT2D eigenvalue weighted by Crippen LogP contribution is 2.72. The van der Waals surface area contributed by atoms with Crippen LogP contribution in [-0.2, 0) is 9.59 Å². The predicted molar refractivity (Wildman–Crippen MR) is 126 cm³/mol. The van der Waals surface area contributed by atoms with Gasteiger partial charge in [0.1, 0.15) is 11.7 Å². The molecule has 33 heavy (non-hydrogen) atoms. The number of carbonyl (C=O) groups is 2. The zero-order valence-electron chi connectivity index (χ0n) is 21.1. The molecule has 0 spiro atoms. The Bertz CT molecular complexity index is 1050. The summed E-state index contributed by atoms with van der Waals surface area (Å²) in [5.41, 5.74) is -0.937. The molecule has 3 saturated carbocycles. The maximum Gasteiger partial charge on any atom is 0.176 e. The zero-order chi connectivity index (χ0) is 24.2. The largest absolute Gasteiger partial charge is 0.295 e. The number of nitrogens with zero attached hydrogens (tertiary/aromatic N) is 1. The Morgan fingerprint density at radius 1 is 1.00 bits per heavy atom. The number of fused-ring (bicyclic) bond motifs is 7. The molecule has 3 fully saturated rings. The molecule has 3 nitrogen and oxygen atoms in total. The SMILES string of the molecule is CC1C(=O)C(C#N)=CC2(C)C3=CC(=O)C4C5CC(C)(C)CCC5(F)CCC4(C)C3(C)CCC12. The standard InChI is InChI=1S/C29H38FNO2/c1-17-19-7-8-27(5)22(26(19,4)14-18(16-31)24(17)33)13-21(32)23-20-15-25(2,3)9-11-29(20,30)12-10-28(23,27)6/h13-14,17,19-20,23H,7-12,15H2,1-6H3. The van der Waals surface area contributed by atoms with Crippen LogP contribution in [0.2, 0.25) is 0 Å². The van der Waals surface area contributed by atoms with Crippen molar-refractivity contribution in [1.82, 2.24) is 0 Å². The molecule has 8 unspecified atom stereocenters. The molecule has 0 aromatic rings. The quantitative estimate of drug-likeness (QED) is 0.420. The van der Waals surface area contributed by atoms with Gasteiger partial charge in [0.05, 0.1) is 5.57 Å². The first kappa shape index (κ1) is 23.0. The minimum atomic E-state index is -1.24. The lowest BCUT2D eigenvalue weighted by atomic mass is 9.36. The average Bonchev–Trinajstić information content (AvgIpc) is 2.74. The summed E-state index contributed by atoms with van der Waals surface area (Å²) in [5, 5.41) is 9.67. The predicted octanol–water partition coefficient (Wildman–Crippen LogP) is 6.54. The van der Waals surface area contributed by atoms with Gasteiger partial charge in [-0.1, -0.05) is 53.2 Å². The van der Waals surface area contributed by atoms with Crippen molar-refractivity contribution in [1.29, 1.82) is 5.26 Å². The molecule has 0 aromatic heterocycles. The number of hydrogen-bond acceptors (Lipinski definition) is 3. The number of allylic oxidation sites excluding steroid dienone is 4. The van der Waals surface area contributed by atoms with E-state index in [2.05, 4.69) is 40.7 Å². The number of carbonyl (C=O) groups excluding carboxylic acids is 2. The Hall–Kier alpha value is -1.76. The molecule has 0 amide bonds. The summed E-state index contributed by atoms with van der Waals surface area (Å²) in [7, 11) is 0. The molecule has 178 valence electrons. The molecule has 0 saturated heterocycles. The topological polar surface area (TPSA) is 57.9 Å². The number of hydrogen-bond donors (Lipinski definition) is 0. The van der Waals surface area contributed by atoms with E-state index >= 15 is 4.39 Å². The lowest BCUT2D eigenvalue weighted by molar-refractivity contribution is -0.173. The van der Waals surface area contributed by atoms with Gasteiger partial charge in [0.25, 0.3) is 0 Å². The maximum absolute atomic E-state index is 16.3. The third-order valence-corrected chi connectivity index (χ3v) is 11.4. The molecular formula is C29H38FNO2. The van der Waals surface area contributed by atoms with Crippen molar-refractivity contribution in [2.24, 2.45) is 45.3 Å². The first-order chi connectivity index (χ1) is 15.2. The fourth-order valence-corrected chi connectivity index (χ4v) is 9.19. The Labute approximate surface area is 197 Å². The Morgan fingerprint density at radius 3 is 2.33 bits per heavy atom. The van der Waals surface area contributed by atoms with Crippen LogP contribution in [-0.4, -0.2) is 17.2 Å². The van der Waals surface area contributed by atoms with E-state index in [1.807, 2.05) is 19.1 Å². The van der Waals surface area contributed by atoms with Crippen LogP contribution in [0.4, 0.5) is 4.39 Å². The Balaban J connectivity index is 1.68. The van der Waals surface area contributed by atoms with Crippen molar-refractivity contribution in [3.8, 4) is 6.07 Å². The van der Waals surface area contributed by atoms with Crippen molar-refractivity contribution < 1.29 is 14.0 Å². The lowest BCUT2D eigenvalue weighted by Gasteiger charge is -2.67. The average molecular weight is 452 g/mol. The number of alkyl halides is 1. The summed E-state index contributed by atoms with van der Waals surface area (Å²) in [5.74, 6) is -0.666. The fraction of sp³-hybridized carbons (Fsp3) is 0.759. The first-order valence-electron chi connectivity index (χ1n) is 12.9. The normalized spacial score (nSPS) is 50.6. The molecule has 0 radical (unpaired) electrons. The van der Waals surface area contributed by atoms with Crippen LogP contribution in [0.25, 0.3) is 0 Å². The van der Waals surface area contributed by atoms with E-state index in [9.17, 15) is 14.9 Å². The summed E-state index contributed by atoms with van der Waals surface area (Å²) in [6.45, 7) is 13.0. The van der Waals surface area contributed by atoms with Gasteiger partial charge in [-0.15, -0.1) is 0 Å². The first-order valence-corrected chi connectivity index (χ1v) is 12.9. The number of rotatable bonds is 0. The van der Waals surface area contributed by atoms with Gasteiger partial charge in [-0.05, 0) is 73.2 Å². The van der Waals surface area contributed by atoms with Gasteiger partial charge in [0.15, 0.2) is 11.6 Å². The summed E-state index contributed by atoms with van der Waals surface area (Å²) in [4.78, 5) is 26.7. The van der Waals surface area contributed by atoms with Crippen LogP contribution >= 0.6 is 0 Å². The molecule has 5 aliphatic carbocycles. The van der Waals surface area contributed by atoms with Crippen LogP contribution in [0.15, 0.2) is 23.3 Å². The summed E-state index contributed by atoms with van der Waals surface area (Å²) < 4.78 is 16.3. The van der Waals surface area contributed by atoms with E-state index in [1.165, 1.54) is 0 Å². The highest BCUT2D eigenvalue weighted by Gasteiger charge is 2.69. The number of ketones is 2. The molecule has 5 aliphatic rings. The summed E-state index contributed by atoms with van der Waals surface area (Å²) in [6.07, 6.45) is 8.96. The van der Waals surface area contributed by atoms with Crippen LogP contribution in [0.1, 0.15) is 86.5 Å². The lowest BCUT2D eigenvalue weighted by Crippen LogP contribution is -2.64. The second kappa shape index (κ2) is 6.67. The van der Waals surface area contributed by atoms with E-state index in [-0.39, 0.29) is 57.1 Å². The molecule has 0 heterocycles. The maximum atomic E-state index is 16.3. The molecule has 5 rings (SSSR count). The van der Waals surface area contributed by atoms with Crippen molar-refractivity contribution in [3.63, 3.8) is 0 Å². The van der Waals surface area contributed by atoms with Gasteiger partial charge in [-0.25, -0.2) is 4.39 Å². The highest BCUT2D eigenvalue weighted by atomic mass is 19.1. The zero-order valence-corrected chi connectivity index (χ0v) is 21.1. The van der Waals surface area contributed by atoms with Crippen LogP contribution in [0, 0.1) is 56.7 Å². The van der Waals surface area contributed by atoms with Gasteiger partial charge in [-0.3, -0.25) is 9.59 Å². The molecule has 0 aromatic carbocycles. The van der Waals surface area contributed by atoms with Gasteiger partial charge in [0, 0.05) is 23.2 Å². The summed E-state index contributed by atoms with van der Waals surface area (Å²) >= 11 is 0. The second-order valence-corrected chi connectivity index (χ2v) is 13.4. The second-order valence-electron chi connectivity index (χ2n) is 13.4. The monoisotopic (exact) mass is 451 g/mol. The molecule has 4 heteroatoms. The number of halogens is 1. The smallest absolute Gasteiger partial charge is 0.176 e. The van der Waals surface area contributed by atoms with Crippen molar-refractivity contribution >= 4 is 11.6 Å². The van der Waals surface area contributed by atoms with Crippen molar-refractivity contribution in [2.45, 2.75) is 92.2 Å². The van der Waals surface area contributed by atoms with Crippen LogP contribution in [0.5, 0.6) is 0 Å². The van der Waals surface area contributed by atoms with Crippen molar-refractivity contribution in [3.05, 3.63) is 23.3 Å². The Morgan fingerprint density at radius 2 is 1.67 bits per heavy atom. The van der Waals surface area contributed by atoms with E-state index < -0.39 is 11.1 Å². The molecule has 0 aliphatic heterocycles. The van der Waals surface area contributed by atoms with Crippen molar-refractivity contribution in [2.75, 3.05) is 0 Å². The van der Waals surface area contributed by atoms with Gasteiger partial charge >= 0.3 is 0 Å². The minimum absolute atomic E-state index is 0.0525. The number of Topliss-reactive ketones (excluding diaryl/α,β-unsaturated/α-hetero) is 1. The van der Waals surface area contributed by atoms with E-state index in [0.29, 0.717) is 19.3 Å². The fourth-order valence-electron chi connectivity index (χ4n) is 9.19. The molecule has 8 atom stereocenters. The highest BCUT2D eigenvalue weighted by molar-refractivity contribution is 6.02. The summed E-state index contributed by atoms with van der Waals surface area (Å²) in [6, 6.07) is 2.13. The molecule has 0 bridgehead atoms. The van der Waals surface area contributed by atoms with Gasteiger partial charge < -0.3 is 0 Å². The van der Waals surface area contributed by atoms with E-state index in [1.54, 1.807) is 0 Å².